The smallest absolute Gasteiger partial charge is 0.227 e. The van der Waals surface area contributed by atoms with Crippen LogP contribution >= 0.6 is 11.3 Å². The molecule has 0 radical (unpaired) electrons. The minimum absolute atomic E-state index is 0.0777. The second-order valence-corrected chi connectivity index (χ2v) is 8.26. The van der Waals surface area contributed by atoms with Crippen LogP contribution in [0.1, 0.15) is 11.4 Å². The molecule has 1 unspecified atom stereocenters. The lowest BCUT2D eigenvalue weighted by molar-refractivity contribution is -0.126. The fourth-order valence-electron chi connectivity index (χ4n) is 3.69. The second-order valence-electron chi connectivity index (χ2n) is 7.31. The topological polar surface area (TPSA) is 93.7 Å². The van der Waals surface area contributed by atoms with E-state index in [2.05, 4.69) is 15.3 Å². The van der Waals surface area contributed by atoms with E-state index in [1.165, 1.54) is 11.3 Å². The maximum Gasteiger partial charge on any atom is 0.227 e. The first-order valence-electron chi connectivity index (χ1n) is 10.00. The van der Waals surface area contributed by atoms with Gasteiger partial charge in [-0.25, -0.2) is 4.98 Å². The van der Waals surface area contributed by atoms with Gasteiger partial charge in [-0.15, -0.1) is 11.3 Å². The Morgan fingerprint density at radius 1 is 1.16 bits per heavy atom. The van der Waals surface area contributed by atoms with E-state index in [4.69, 9.17) is 9.47 Å². The molecule has 2 aliphatic heterocycles. The molecule has 0 saturated carbocycles. The molecule has 1 fully saturated rings. The zero-order valence-electron chi connectivity index (χ0n) is 16.6. The van der Waals surface area contributed by atoms with E-state index in [-0.39, 0.29) is 18.2 Å². The SMILES string of the molecule is O=C(NCc1nc(-c2ccncc2)cs1)C1CC(=O)N(c2ccc3c(c2)OCCO3)C1. The number of rotatable bonds is 5. The van der Waals surface area contributed by atoms with Crippen LogP contribution in [0.3, 0.4) is 0 Å². The van der Waals surface area contributed by atoms with E-state index in [9.17, 15) is 9.59 Å². The van der Waals surface area contributed by atoms with Gasteiger partial charge in [0.2, 0.25) is 11.8 Å². The summed E-state index contributed by atoms with van der Waals surface area (Å²) < 4.78 is 11.1. The molecule has 1 atom stereocenters. The van der Waals surface area contributed by atoms with E-state index in [0.29, 0.717) is 43.5 Å². The summed E-state index contributed by atoms with van der Waals surface area (Å²) >= 11 is 1.49. The Morgan fingerprint density at radius 2 is 1.97 bits per heavy atom. The fourth-order valence-corrected chi connectivity index (χ4v) is 4.43. The highest BCUT2D eigenvalue weighted by atomic mass is 32.1. The lowest BCUT2D eigenvalue weighted by atomic mass is 10.1. The quantitative estimate of drug-likeness (QED) is 0.661. The molecule has 31 heavy (non-hydrogen) atoms. The van der Waals surface area contributed by atoms with Crippen LogP contribution in [0.4, 0.5) is 5.69 Å². The molecule has 0 aliphatic carbocycles. The molecule has 1 N–H and O–H groups in total. The number of pyridine rings is 1. The molecule has 3 aromatic rings. The van der Waals surface area contributed by atoms with Crippen LogP contribution in [0, 0.1) is 5.92 Å². The monoisotopic (exact) mass is 436 g/mol. The number of aromatic nitrogens is 2. The highest BCUT2D eigenvalue weighted by Crippen LogP contribution is 2.36. The van der Waals surface area contributed by atoms with Crippen molar-refractivity contribution in [3.8, 4) is 22.8 Å². The summed E-state index contributed by atoms with van der Waals surface area (Å²) in [7, 11) is 0. The number of benzene rings is 1. The summed E-state index contributed by atoms with van der Waals surface area (Å²) in [5.74, 6) is 0.671. The van der Waals surface area contributed by atoms with Gasteiger partial charge < -0.3 is 19.7 Å². The van der Waals surface area contributed by atoms with Gasteiger partial charge in [-0.3, -0.25) is 14.6 Å². The molecule has 2 amide bonds. The van der Waals surface area contributed by atoms with E-state index in [1.54, 1.807) is 29.4 Å². The molecule has 5 rings (SSSR count). The van der Waals surface area contributed by atoms with Crippen molar-refractivity contribution in [3.63, 3.8) is 0 Å². The molecule has 158 valence electrons. The maximum absolute atomic E-state index is 12.7. The van der Waals surface area contributed by atoms with Crippen LogP contribution in [-0.2, 0) is 16.1 Å². The molecule has 0 spiro atoms. The van der Waals surface area contributed by atoms with Crippen LogP contribution in [0.2, 0.25) is 0 Å². The van der Waals surface area contributed by atoms with Gasteiger partial charge in [0.25, 0.3) is 0 Å². The molecule has 9 heteroatoms. The average Bonchev–Trinajstić information content (AvgIpc) is 3.45. The van der Waals surface area contributed by atoms with E-state index in [1.807, 2.05) is 23.6 Å². The Bertz CT molecular complexity index is 1120. The average molecular weight is 436 g/mol. The molecule has 1 saturated heterocycles. The van der Waals surface area contributed by atoms with Crippen LogP contribution in [0.15, 0.2) is 48.1 Å². The molecule has 0 bridgehead atoms. The van der Waals surface area contributed by atoms with Gasteiger partial charge in [0.1, 0.15) is 18.2 Å². The number of nitrogens with one attached hydrogen (secondary N) is 1. The first-order valence-corrected chi connectivity index (χ1v) is 10.9. The summed E-state index contributed by atoms with van der Waals surface area (Å²) in [6, 6.07) is 9.21. The Kier molecular flexibility index (Phi) is 5.25. The second kappa shape index (κ2) is 8.35. The fraction of sp³-hybridized carbons (Fsp3) is 0.273. The number of carbonyl (C=O) groups excluding carboxylic acids is 2. The van der Waals surface area contributed by atoms with Gasteiger partial charge in [-0.2, -0.15) is 0 Å². The van der Waals surface area contributed by atoms with Gasteiger partial charge in [-0.1, -0.05) is 0 Å². The van der Waals surface area contributed by atoms with Gasteiger partial charge in [0, 0.05) is 48.1 Å². The van der Waals surface area contributed by atoms with Crippen molar-refractivity contribution in [2.45, 2.75) is 13.0 Å². The summed E-state index contributed by atoms with van der Waals surface area (Å²) in [6.07, 6.45) is 3.63. The Balaban J connectivity index is 1.20. The first-order chi connectivity index (χ1) is 15.2. The molecular weight excluding hydrogens is 416 g/mol. The zero-order chi connectivity index (χ0) is 21.2. The van der Waals surface area contributed by atoms with E-state index in [0.717, 1.165) is 16.3 Å². The van der Waals surface area contributed by atoms with Gasteiger partial charge in [-0.05, 0) is 24.3 Å². The third-order valence-corrected chi connectivity index (χ3v) is 6.12. The van der Waals surface area contributed by atoms with Crippen molar-refractivity contribution in [1.29, 1.82) is 0 Å². The minimum atomic E-state index is -0.402. The third kappa shape index (κ3) is 4.09. The predicted octanol–water partition coefficient (Wildman–Crippen LogP) is 2.65. The van der Waals surface area contributed by atoms with Crippen LogP contribution in [0.5, 0.6) is 11.5 Å². The third-order valence-electron chi connectivity index (χ3n) is 5.27. The predicted molar refractivity (Wildman–Crippen MR) is 115 cm³/mol. The van der Waals surface area contributed by atoms with Crippen LogP contribution < -0.4 is 19.7 Å². The van der Waals surface area contributed by atoms with Gasteiger partial charge >= 0.3 is 0 Å². The van der Waals surface area contributed by atoms with Crippen LogP contribution in [0.25, 0.3) is 11.3 Å². The van der Waals surface area contributed by atoms with E-state index >= 15 is 0 Å². The Morgan fingerprint density at radius 3 is 2.81 bits per heavy atom. The highest BCUT2D eigenvalue weighted by molar-refractivity contribution is 7.09. The maximum atomic E-state index is 12.7. The highest BCUT2D eigenvalue weighted by Gasteiger charge is 2.35. The largest absolute Gasteiger partial charge is 0.486 e. The number of fused-ring (bicyclic) bond motifs is 1. The Hall–Kier alpha value is -3.46. The van der Waals surface area contributed by atoms with Crippen molar-refractivity contribution in [2.24, 2.45) is 5.92 Å². The number of hydrogen-bond donors (Lipinski definition) is 1. The molecule has 2 aromatic heterocycles. The molecular formula is C22H20N4O4S. The number of hydrogen-bond acceptors (Lipinski definition) is 7. The zero-order valence-corrected chi connectivity index (χ0v) is 17.4. The number of nitrogens with zero attached hydrogens (tertiary/aromatic N) is 3. The lowest BCUT2D eigenvalue weighted by Crippen LogP contribution is -2.32. The van der Waals surface area contributed by atoms with Gasteiger partial charge in [0.15, 0.2) is 11.5 Å². The van der Waals surface area contributed by atoms with E-state index < -0.39 is 5.92 Å². The number of ether oxygens (including phenoxy) is 2. The van der Waals surface area contributed by atoms with Gasteiger partial charge in [0.05, 0.1) is 18.2 Å². The minimum Gasteiger partial charge on any atom is -0.486 e. The Labute approximate surface area is 182 Å². The van der Waals surface area contributed by atoms with Crippen molar-refractivity contribution >= 4 is 28.8 Å². The lowest BCUT2D eigenvalue weighted by Gasteiger charge is -2.22. The number of amides is 2. The molecule has 4 heterocycles. The number of anilines is 1. The summed E-state index contributed by atoms with van der Waals surface area (Å²) in [5.41, 5.74) is 2.56. The van der Waals surface area contributed by atoms with Crippen molar-refractivity contribution in [2.75, 3.05) is 24.7 Å². The summed E-state index contributed by atoms with van der Waals surface area (Å²) in [6.45, 7) is 1.67. The van der Waals surface area contributed by atoms with Crippen molar-refractivity contribution < 1.29 is 19.1 Å². The standard InChI is InChI=1S/C22H20N4O4S/c27-21-9-15(12-26(21)16-1-2-18-19(10-16)30-8-7-29-18)22(28)24-11-20-25-17(13-31-20)14-3-5-23-6-4-14/h1-6,10,13,15H,7-9,11-12H2,(H,24,28). The summed E-state index contributed by atoms with van der Waals surface area (Å²) in [4.78, 5) is 35.4. The molecule has 2 aliphatic rings. The van der Waals surface area contributed by atoms with Crippen molar-refractivity contribution in [1.82, 2.24) is 15.3 Å². The molecule has 1 aromatic carbocycles. The number of carbonyl (C=O) groups is 2. The summed E-state index contributed by atoms with van der Waals surface area (Å²) in [5, 5.41) is 5.69. The van der Waals surface area contributed by atoms with Crippen molar-refractivity contribution in [3.05, 3.63) is 53.1 Å². The normalized spacial score (nSPS) is 17.6. The molecule has 8 nitrogen and oxygen atoms in total. The van der Waals surface area contributed by atoms with Crippen LogP contribution in [-0.4, -0.2) is 41.5 Å². The first kappa shape index (κ1) is 19.5. The number of thiazole rings is 1.